The highest BCUT2D eigenvalue weighted by Crippen LogP contribution is 2.41. The number of rotatable bonds is 5. The van der Waals surface area contributed by atoms with E-state index < -0.39 is 0 Å². The summed E-state index contributed by atoms with van der Waals surface area (Å²) in [4.78, 5) is 4.92. The standard InChI is InChI=1S/C47H31N3/c1-3-12-32(13-4-1)34-23-26-37(27-24-34)49-43-28-25-36(31-41(43)47-45(49)22-11-29-48-47)39-19-10-21-44-46(39)40-18-7-8-20-42(40)50(44)38-17-9-16-35(30-38)33-14-5-2-6-15-33/h1-31H. The third-order valence-electron chi connectivity index (χ3n) is 9.97. The Hall–Kier alpha value is -6.71. The van der Waals surface area contributed by atoms with Crippen molar-refractivity contribution < 1.29 is 0 Å². The van der Waals surface area contributed by atoms with E-state index >= 15 is 0 Å². The summed E-state index contributed by atoms with van der Waals surface area (Å²) in [5, 5.41) is 3.63. The lowest BCUT2D eigenvalue weighted by Gasteiger charge is -2.11. The fourth-order valence-electron chi connectivity index (χ4n) is 7.71. The summed E-state index contributed by atoms with van der Waals surface area (Å²) in [6.07, 6.45) is 1.90. The summed E-state index contributed by atoms with van der Waals surface area (Å²) in [5.41, 5.74) is 15.1. The predicted molar refractivity (Wildman–Crippen MR) is 209 cm³/mol. The molecule has 0 spiro atoms. The van der Waals surface area contributed by atoms with E-state index in [9.17, 15) is 0 Å². The van der Waals surface area contributed by atoms with E-state index in [1.807, 2.05) is 12.3 Å². The van der Waals surface area contributed by atoms with Crippen molar-refractivity contribution in [2.75, 3.05) is 0 Å². The lowest BCUT2D eigenvalue weighted by molar-refractivity contribution is 1.18. The van der Waals surface area contributed by atoms with Crippen LogP contribution >= 0.6 is 0 Å². The van der Waals surface area contributed by atoms with Crippen LogP contribution in [0.25, 0.3) is 88.5 Å². The lowest BCUT2D eigenvalue weighted by Crippen LogP contribution is -1.94. The molecule has 50 heavy (non-hydrogen) atoms. The Balaban J connectivity index is 1.15. The largest absolute Gasteiger partial charge is 0.309 e. The summed E-state index contributed by atoms with van der Waals surface area (Å²) in [6, 6.07) is 65.4. The van der Waals surface area contributed by atoms with E-state index in [0.717, 1.165) is 33.3 Å². The Kier molecular flexibility index (Phi) is 6.49. The van der Waals surface area contributed by atoms with E-state index in [0.29, 0.717) is 0 Å². The molecule has 3 heterocycles. The second kappa shape index (κ2) is 11.5. The number of hydrogen-bond acceptors (Lipinski definition) is 1. The maximum Gasteiger partial charge on any atom is 0.0963 e. The van der Waals surface area contributed by atoms with Crippen LogP contribution in [0.4, 0.5) is 0 Å². The lowest BCUT2D eigenvalue weighted by atomic mass is 9.98. The van der Waals surface area contributed by atoms with Crippen LogP contribution in [-0.4, -0.2) is 14.1 Å². The Morgan fingerprint density at radius 1 is 0.340 bits per heavy atom. The van der Waals surface area contributed by atoms with Gasteiger partial charge in [-0.25, -0.2) is 0 Å². The third-order valence-corrected chi connectivity index (χ3v) is 9.97. The number of pyridine rings is 1. The van der Waals surface area contributed by atoms with Crippen molar-refractivity contribution in [1.82, 2.24) is 14.1 Å². The van der Waals surface area contributed by atoms with E-state index in [4.69, 9.17) is 4.98 Å². The normalized spacial score (nSPS) is 11.6. The smallest absolute Gasteiger partial charge is 0.0963 e. The molecule has 0 atom stereocenters. The van der Waals surface area contributed by atoms with Crippen LogP contribution in [0, 0.1) is 0 Å². The van der Waals surface area contributed by atoms with Gasteiger partial charge in [0.25, 0.3) is 0 Å². The minimum absolute atomic E-state index is 1.00. The number of fused-ring (bicyclic) bond motifs is 6. The summed E-state index contributed by atoms with van der Waals surface area (Å²) in [7, 11) is 0. The van der Waals surface area contributed by atoms with Gasteiger partial charge in [0.1, 0.15) is 0 Å². The van der Waals surface area contributed by atoms with Crippen LogP contribution in [0.5, 0.6) is 0 Å². The van der Waals surface area contributed by atoms with Crippen molar-refractivity contribution in [3.8, 4) is 44.8 Å². The van der Waals surface area contributed by atoms with Gasteiger partial charge in [0, 0.05) is 33.7 Å². The zero-order valence-electron chi connectivity index (χ0n) is 27.2. The summed E-state index contributed by atoms with van der Waals surface area (Å²) in [5.74, 6) is 0. The number of benzene rings is 7. The van der Waals surface area contributed by atoms with Crippen molar-refractivity contribution in [1.29, 1.82) is 0 Å². The molecule has 0 amide bonds. The first kappa shape index (κ1) is 28.3. The first-order valence-electron chi connectivity index (χ1n) is 17.1. The zero-order valence-corrected chi connectivity index (χ0v) is 27.2. The molecule has 0 N–H and O–H groups in total. The van der Waals surface area contributed by atoms with Crippen LogP contribution < -0.4 is 0 Å². The van der Waals surface area contributed by atoms with Gasteiger partial charge in [-0.2, -0.15) is 0 Å². The maximum absolute atomic E-state index is 4.92. The maximum atomic E-state index is 4.92. The molecule has 234 valence electrons. The summed E-state index contributed by atoms with van der Waals surface area (Å²) < 4.78 is 4.74. The van der Waals surface area contributed by atoms with Crippen molar-refractivity contribution in [3.05, 3.63) is 188 Å². The average molecular weight is 638 g/mol. The van der Waals surface area contributed by atoms with Crippen LogP contribution in [-0.2, 0) is 0 Å². The first-order chi connectivity index (χ1) is 24.8. The molecular formula is C47H31N3. The monoisotopic (exact) mass is 637 g/mol. The van der Waals surface area contributed by atoms with Gasteiger partial charge in [-0.3, -0.25) is 4.98 Å². The molecule has 0 saturated heterocycles. The minimum Gasteiger partial charge on any atom is -0.309 e. The summed E-state index contributed by atoms with van der Waals surface area (Å²) in [6.45, 7) is 0. The number of aromatic nitrogens is 3. The van der Waals surface area contributed by atoms with Crippen molar-refractivity contribution in [2.24, 2.45) is 0 Å². The van der Waals surface area contributed by atoms with Crippen molar-refractivity contribution in [2.45, 2.75) is 0 Å². The Morgan fingerprint density at radius 2 is 0.940 bits per heavy atom. The van der Waals surface area contributed by atoms with Crippen molar-refractivity contribution in [3.63, 3.8) is 0 Å². The van der Waals surface area contributed by atoms with Gasteiger partial charge < -0.3 is 9.13 Å². The van der Waals surface area contributed by atoms with E-state index in [2.05, 4.69) is 185 Å². The molecule has 0 fully saturated rings. The molecule has 0 aliphatic heterocycles. The Bertz CT molecular complexity index is 2840. The van der Waals surface area contributed by atoms with Crippen LogP contribution in [0.15, 0.2) is 188 Å². The topological polar surface area (TPSA) is 22.8 Å². The van der Waals surface area contributed by atoms with Gasteiger partial charge in [0.2, 0.25) is 0 Å². The number of hydrogen-bond donors (Lipinski definition) is 0. The molecule has 0 bridgehead atoms. The highest BCUT2D eigenvalue weighted by atomic mass is 15.0. The molecular weight excluding hydrogens is 607 g/mol. The highest BCUT2D eigenvalue weighted by Gasteiger charge is 2.19. The van der Waals surface area contributed by atoms with E-state index in [1.165, 1.54) is 55.2 Å². The molecule has 0 aliphatic carbocycles. The highest BCUT2D eigenvalue weighted by molar-refractivity contribution is 6.17. The molecule has 7 aromatic carbocycles. The zero-order chi connectivity index (χ0) is 33.0. The first-order valence-corrected chi connectivity index (χ1v) is 17.1. The van der Waals surface area contributed by atoms with Crippen LogP contribution in [0.2, 0.25) is 0 Å². The van der Waals surface area contributed by atoms with E-state index in [-0.39, 0.29) is 0 Å². The fraction of sp³-hybridized carbons (Fsp3) is 0. The molecule has 0 saturated carbocycles. The number of nitrogens with zero attached hydrogens (tertiary/aromatic N) is 3. The minimum atomic E-state index is 1.00. The van der Waals surface area contributed by atoms with E-state index in [1.54, 1.807) is 0 Å². The van der Waals surface area contributed by atoms with Gasteiger partial charge >= 0.3 is 0 Å². The molecule has 10 rings (SSSR count). The molecule has 3 aromatic heterocycles. The molecule has 3 heteroatoms. The number of para-hydroxylation sites is 1. The summed E-state index contributed by atoms with van der Waals surface area (Å²) >= 11 is 0. The van der Waals surface area contributed by atoms with Crippen LogP contribution in [0.3, 0.4) is 0 Å². The molecule has 10 aromatic rings. The molecule has 0 aliphatic rings. The van der Waals surface area contributed by atoms with Gasteiger partial charge in [-0.05, 0) is 94.0 Å². The van der Waals surface area contributed by atoms with Crippen molar-refractivity contribution >= 4 is 43.7 Å². The quantitative estimate of drug-likeness (QED) is 0.184. The van der Waals surface area contributed by atoms with Gasteiger partial charge in [-0.1, -0.05) is 121 Å². The molecule has 0 unspecified atom stereocenters. The van der Waals surface area contributed by atoms with Gasteiger partial charge in [0.05, 0.1) is 27.6 Å². The Morgan fingerprint density at radius 3 is 1.76 bits per heavy atom. The van der Waals surface area contributed by atoms with Crippen LogP contribution in [0.1, 0.15) is 0 Å². The predicted octanol–water partition coefficient (Wildman–Crippen LogP) is 12.3. The SMILES string of the molecule is c1ccc(-c2ccc(-n3c4ccc(-c5cccc6c5c5ccccc5n6-c5cccc(-c6ccccc6)c5)cc4c4ncccc43)cc2)cc1. The second-order valence-electron chi connectivity index (χ2n) is 12.8. The second-order valence-corrected chi connectivity index (χ2v) is 12.8. The van der Waals surface area contributed by atoms with Gasteiger partial charge in [-0.15, -0.1) is 0 Å². The molecule has 3 nitrogen and oxygen atoms in total. The third kappa shape index (κ3) is 4.48. The van der Waals surface area contributed by atoms with Gasteiger partial charge in [0.15, 0.2) is 0 Å². The Labute approximate surface area is 290 Å². The molecule has 0 radical (unpaired) electrons. The average Bonchev–Trinajstić information content (AvgIpc) is 3.71. The fourth-order valence-corrected chi connectivity index (χ4v) is 7.71.